The molecule has 0 amide bonds. The van der Waals surface area contributed by atoms with E-state index in [1.807, 2.05) is 18.2 Å². The van der Waals surface area contributed by atoms with Crippen LogP contribution >= 0.6 is 0 Å². The van der Waals surface area contributed by atoms with Crippen molar-refractivity contribution in [3.05, 3.63) is 59.4 Å². The number of ether oxygens (including phenoxy) is 1. The molecule has 0 saturated heterocycles. The molecule has 0 saturated carbocycles. The topological polar surface area (TPSA) is 51.2 Å². The first kappa shape index (κ1) is 13.1. The van der Waals surface area contributed by atoms with E-state index in [0.717, 1.165) is 11.4 Å². The Morgan fingerprint density at radius 1 is 1.21 bits per heavy atom. The van der Waals surface area contributed by atoms with Crippen LogP contribution in [0.15, 0.2) is 42.6 Å². The minimum Gasteiger partial charge on any atom is -0.465 e. The summed E-state index contributed by atoms with van der Waals surface area (Å²) in [5.41, 5.74) is 3.60. The van der Waals surface area contributed by atoms with Crippen LogP contribution in [0.5, 0.6) is 0 Å². The predicted octanol–water partition coefficient (Wildman–Crippen LogP) is 2.79. The Hall–Kier alpha value is -2.36. The van der Waals surface area contributed by atoms with Crippen LogP contribution in [0.2, 0.25) is 0 Å². The molecule has 2 aromatic rings. The highest BCUT2D eigenvalue weighted by Gasteiger charge is 2.05. The van der Waals surface area contributed by atoms with Gasteiger partial charge in [0.2, 0.25) is 0 Å². The van der Waals surface area contributed by atoms with Gasteiger partial charge in [-0.05, 0) is 31.2 Å². The number of hydrogen-bond acceptors (Lipinski definition) is 4. The monoisotopic (exact) mass is 256 g/mol. The SMILES string of the molecule is COC(=O)c1ccc(CNc2ccc(C)cc2)nc1. The number of hydrogen-bond donors (Lipinski definition) is 1. The lowest BCUT2D eigenvalue weighted by molar-refractivity contribution is 0.0600. The van der Waals surface area contributed by atoms with Gasteiger partial charge in [0.1, 0.15) is 0 Å². The van der Waals surface area contributed by atoms with Gasteiger partial charge in [0.15, 0.2) is 0 Å². The molecule has 0 aliphatic carbocycles. The Morgan fingerprint density at radius 2 is 1.95 bits per heavy atom. The Bertz CT molecular complexity index is 547. The van der Waals surface area contributed by atoms with E-state index in [4.69, 9.17) is 0 Å². The molecule has 0 fully saturated rings. The second kappa shape index (κ2) is 6.00. The number of esters is 1. The molecule has 0 aliphatic heterocycles. The fraction of sp³-hybridized carbons (Fsp3) is 0.200. The van der Waals surface area contributed by atoms with Crippen molar-refractivity contribution in [3.8, 4) is 0 Å². The molecule has 1 aromatic carbocycles. The van der Waals surface area contributed by atoms with E-state index in [1.165, 1.54) is 18.9 Å². The molecule has 4 nitrogen and oxygen atoms in total. The molecule has 1 N–H and O–H groups in total. The molecular formula is C15H16N2O2. The number of rotatable bonds is 4. The summed E-state index contributed by atoms with van der Waals surface area (Å²) in [5.74, 6) is -0.370. The number of methoxy groups -OCH3 is 1. The average Bonchev–Trinajstić information content (AvgIpc) is 2.46. The molecule has 0 radical (unpaired) electrons. The molecule has 2 rings (SSSR count). The normalized spacial score (nSPS) is 10.0. The van der Waals surface area contributed by atoms with E-state index in [1.54, 1.807) is 6.07 Å². The molecule has 0 aliphatic rings. The summed E-state index contributed by atoms with van der Waals surface area (Å²) in [6, 6.07) is 11.7. The van der Waals surface area contributed by atoms with E-state index in [-0.39, 0.29) is 5.97 Å². The number of carbonyl (C=O) groups excluding carboxylic acids is 1. The van der Waals surface area contributed by atoms with E-state index in [9.17, 15) is 4.79 Å². The number of nitrogens with one attached hydrogen (secondary N) is 1. The number of anilines is 1. The van der Waals surface area contributed by atoms with Crippen molar-refractivity contribution in [2.24, 2.45) is 0 Å². The van der Waals surface area contributed by atoms with Crippen LogP contribution in [0, 0.1) is 6.92 Å². The number of carbonyl (C=O) groups is 1. The first-order chi connectivity index (χ1) is 9.19. The lowest BCUT2D eigenvalue weighted by Crippen LogP contribution is -2.05. The highest BCUT2D eigenvalue weighted by atomic mass is 16.5. The van der Waals surface area contributed by atoms with Crippen molar-refractivity contribution in [3.63, 3.8) is 0 Å². The summed E-state index contributed by atoms with van der Waals surface area (Å²) in [4.78, 5) is 15.5. The largest absolute Gasteiger partial charge is 0.465 e. The molecule has 0 spiro atoms. The van der Waals surface area contributed by atoms with Crippen LogP contribution in [-0.4, -0.2) is 18.1 Å². The Labute approximate surface area is 112 Å². The maximum Gasteiger partial charge on any atom is 0.339 e. The van der Waals surface area contributed by atoms with Gasteiger partial charge in [0.25, 0.3) is 0 Å². The summed E-state index contributed by atoms with van der Waals surface area (Å²) in [5, 5.41) is 3.27. The predicted molar refractivity (Wildman–Crippen MR) is 74.1 cm³/mol. The zero-order valence-corrected chi connectivity index (χ0v) is 11.0. The number of pyridine rings is 1. The standard InChI is InChI=1S/C15H16N2O2/c1-11-3-6-13(7-4-11)17-10-14-8-5-12(9-16-14)15(18)19-2/h3-9,17H,10H2,1-2H3. The third kappa shape index (κ3) is 3.55. The Balaban J connectivity index is 1.96. The third-order valence-electron chi connectivity index (χ3n) is 2.77. The maximum absolute atomic E-state index is 11.3. The second-order valence-corrected chi connectivity index (χ2v) is 4.25. The quantitative estimate of drug-likeness (QED) is 0.855. The van der Waals surface area contributed by atoms with Gasteiger partial charge in [-0.25, -0.2) is 4.79 Å². The Morgan fingerprint density at radius 3 is 2.53 bits per heavy atom. The fourth-order valence-corrected chi connectivity index (χ4v) is 1.63. The van der Waals surface area contributed by atoms with Crippen molar-refractivity contribution < 1.29 is 9.53 Å². The van der Waals surface area contributed by atoms with Gasteiger partial charge < -0.3 is 10.1 Å². The van der Waals surface area contributed by atoms with Gasteiger partial charge in [-0.2, -0.15) is 0 Å². The van der Waals surface area contributed by atoms with Crippen molar-refractivity contribution >= 4 is 11.7 Å². The van der Waals surface area contributed by atoms with Crippen molar-refractivity contribution in [2.45, 2.75) is 13.5 Å². The van der Waals surface area contributed by atoms with Crippen LogP contribution in [0.4, 0.5) is 5.69 Å². The first-order valence-electron chi connectivity index (χ1n) is 6.03. The number of nitrogens with zero attached hydrogens (tertiary/aromatic N) is 1. The second-order valence-electron chi connectivity index (χ2n) is 4.25. The number of benzene rings is 1. The van der Waals surface area contributed by atoms with E-state index >= 15 is 0 Å². The summed E-state index contributed by atoms with van der Waals surface area (Å²) in [6.07, 6.45) is 1.53. The molecule has 0 bridgehead atoms. The third-order valence-corrected chi connectivity index (χ3v) is 2.77. The van der Waals surface area contributed by atoms with Crippen molar-refractivity contribution in [1.82, 2.24) is 4.98 Å². The minimum absolute atomic E-state index is 0.370. The van der Waals surface area contributed by atoms with Gasteiger partial charge in [-0.15, -0.1) is 0 Å². The van der Waals surface area contributed by atoms with Gasteiger partial charge in [0, 0.05) is 11.9 Å². The zero-order valence-electron chi connectivity index (χ0n) is 11.0. The minimum atomic E-state index is -0.370. The summed E-state index contributed by atoms with van der Waals surface area (Å²) < 4.78 is 4.62. The highest BCUT2D eigenvalue weighted by molar-refractivity contribution is 5.88. The van der Waals surface area contributed by atoms with Crippen LogP contribution in [0.3, 0.4) is 0 Å². The molecule has 19 heavy (non-hydrogen) atoms. The molecular weight excluding hydrogens is 240 g/mol. The lowest BCUT2D eigenvalue weighted by Gasteiger charge is -2.06. The van der Waals surface area contributed by atoms with Crippen LogP contribution in [-0.2, 0) is 11.3 Å². The van der Waals surface area contributed by atoms with Crippen LogP contribution in [0.25, 0.3) is 0 Å². The van der Waals surface area contributed by atoms with Crippen LogP contribution in [0.1, 0.15) is 21.6 Å². The molecule has 98 valence electrons. The van der Waals surface area contributed by atoms with E-state index in [2.05, 4.69) is 34.1 Å². The van der Waals surface area contributed by atoms with Crippen molar-refractivity contribution in [1.29, 1.82) is 0 Å². The fourth-order valence-electron chi connectivity index (χ4n) is 1.63. The van der Waals surface area contributed by atoms with Gasteiger partial charge >= 0.3 is 5.97 Å². The summed E-state index contributed by atoms with van der Waals surface area (Å²) >= 11 is 0. The molecule has 1 heterocycles. The number of aryl methyl sites for hydroxylation is 1. The van der Waals surface area contributed by atoms with Gasteiger partial charge in [0.05, 0.1) is 24.9 Å². The van der Waals surface area contributed by atoms with Gasteiger partial charge in [-0.1, -0.05) is 17.7 Å². The average molecular weight is 256 g/mol. The van der Waals surface area contributed by atoms with Gasteiger partial charge in [-0.3, -0.25) is 4.98 Å². The zero-order chi connectivity index (χ0) is 13.7. The first-order valence-corrected chi connectivity index (χ1v) is 6.03. The maximum atomic E-state index is 11.3. The van der Waals surface area contributed by atoms with E-state index < -0.39 is 0 Å². The molecule has 1 aromatic heterocycles. The summed E-state index contributed by atoms with van der Waals surface area (Å²) in [6.45, 7) is 2.67. The van der Waals surface area contributed by atoms with Crippen molar-refractivity contribution in [2.75, 3.05) is 12.4 Å². The number of aromatic nitrogens is 1. The summed E-state index contributed by atoms with van der Waals surface area (Å²) in [7, 11) is 1.36. The Kier molecular flexibility index (Phi) is 4.13. The molecule has 4 heteroatoms. The molecule has 0 unspecified atom stereocenters. The smallest absolute Gasteiger partial charge is 0.339 e. The lowest BCUT2D eigenvalue weighted by atomic mass is 10.2. The van der Waals surface area contributed by atoms with Crippen LogP contribution < -0.4 is 5.32 Å². The highest BCUT2D eigenvalue weighted by Crippen LogP contribution is 2.10. The molecule has 0 atom stereocenters. The van der Waals surface area contributed by atoms with E-state index in [0.29, 0.717) is 12.1 Å².